The smallest absolute Gasteiger partial charge is 0.269 e. The zero-order chi connectivity index (χ0) is 13.3. The van der Waals surface area contributed by atoms with Gasteiger partial charge in [0.25, 0.3) is 5.91 Å². The van der Waals surface area contributed by atoms with Crippen molar-refractivity contribution in [3.8, 4) is 0 Å². The summed E-state index contributed by atoms with van der Waals surface area (Å²) >= 11 is 6.02. The quantitative estimate of drug-likeness (QED) is 0.901. The lowest BCUT2D eigenvalue weighted by Gasteiger charge is -2.16. The number of carbonyl (C=O) groups is 1. The molecule has 1 aromatic heterocycles. The number of benzene rings is 1. The number of imidazole rings is 1. The Hall–Kier alpha value is -1.81. The molecule has 2 aromatic rings. The van der Waals surface area contributed by atoms with Crippen LogP contribution in [0.4, 0.5) is 0 Å². The minimum Gasteiger partial charge on any atom is -0.350 e. The van der Waals surface area contributed by atoms with Crippen LogP contribution in [0.2, 0.25) is 5.02 Å². The Morgan fingerprint density at radius 2 is 2.32 bits per heavy atom. The average Bonchev–Trinajstić information content (AvgIpc) is 3.00. The molecule has 1 saturated carbocycles. The van der Waals surface area contributed by atoms with Crippen LogP contribution in [0.3, 0.4) is 0 Å². The van der Waals surface area contributed by atoms with Crippen molar-refractivity contribution in [1.82, 2.24) is 15.3 Å². The second-order valence-electron chi connectivity index (χ2n) is 4.94. The molecule has 0 saturated heterocycles. The van der Waals surface area contributed by atoms with Crippen LogP contribution in [-0.2, 0) is 5.41 Å². The monoisotopic (exact) mass is 275 g/mol. The van der Waals surface area contributed by atoms with Gasteiger partial charge < -0.3 is 10.3 Å². The molecule has 4 nitrogen and oxygen atoms in total. The second-order valence-corrected chi connectivity index (χ2v) is 5.38. The van der Waals surface area contributed by atoms with Gasteiger partial charge in [-0.25, -0.2) is 4.98 Å². The van der Waals surface area contributed by atoms with E-state index in [0.717, 1.165) is 17.9 Å². The lowest BCUT2D eigenvalue weighted by Crippen LogP contribution is -2.32. The zero-order valence-electron chi connectivity index (χ0n) is 10.3. The van der Waals surface area contributed by atoms with Crippen LogP contribution in [0.5, 0.6) is 0 Å². The van der Waals surface area contributed by atoms with E-state index >= 15 is 0 Å². The van der Waals surface area contributed by atoms with Gasteiger partial charge in [-0.2, -0.15) is 0 Å². The van der Waals surface area contributed by atoms with E-state index in [0.29, 0.717) is 12.2 Å². The third kappa shape index (κ3) is 2.49. The van der Waals surface area contributed by atoms with E-state index in [1.54, 1.807) is 0 Å². The summed E-state index contributed by atoms with van der Waals surface area (Å²) in [5, 5.41) is 3.69. The Balaban J connectivity index is 1.68. The number of aromatic nitrogens is 2. The standard InChI is InChI=1S/C14H14ClN3O/c15-11-3-1-2-10(6-11)14(4-5-14)8-17-13(19)12-7-16-9-18-12/h1-3,6-7,9H,4-5,8H2,(H,16,18)(H,17,19). The number of rotatable bonds is 4. The molecule has 1 amide bonds. The maximum atomic E-state index is 11.9. The third-order valence-corrected chi connectivity index (χ3v) is 3.86. The van der Waals surface area contributed by atoms with Crippen LogP contribution in [0, 0.1) is 0 Å². The normalized spacial score (nSPS) is 16.1. The Morgan fingerprint density at radius 3 is 2.95 bits per heavy atom. The van der Waals surface area contributed by atoms with Crippen molar-refractivity contribution in [3.63, 3.8) is 0 Å². The number of aromatic amines is 1. The zero-order valence-corrected chi connectivity index (χ0v) is 11.1. The molecule has 19 heavy (non-hydrogen) atoms. The molecular formula is C14H14ClN3O. The molecule has 3 rings (SSSR count). The average molecular weight is 276 g/mol. The Kier molecular flexibility index (Phi) is 3.03. The first-order chi connectivity index (χ1) is 9.20. The van der Waals surface area contributed by atoms with Crippen LogP contribution in [-0.4, -0.2) is 22.4 Å². The van der Waals surface area contributed by atoms with Gasteiger partial charge in [0.15, 0.2) is 0 Å². The summed E-state index contributed by atoms with van der Waals surface area (Å²) in [6.07, 6.45) is 5.18. The van der Waals surface area contributed by atoms with Crippen molar-refractivity contribution in [2.75, 3.05) is 6.54 Å². The number of hydrogen-bond acceptors (Lipinski definition) is 2. The molecule has 1 aliphatic carbocycles. The first-order valence-electron chi connectivity index (χ1n) is 6.22. The fraction of sp³-hybridized carbons (Fsp3) is 0.286. The van der Waals surface area contributed by atoms with E-state index < -0.39 is 0 Å². The van der Waals surface area contributed by atoms with E-state index in [9.17, 15) is 4.79 Å². The number of H-pyrrole nitrogens is 1. The summed E-state index contributed by atoms with van der Waals surface area (Å²) in [4.78, 5) is 18.5. The first-order valence-corrected chi connectivity index (χ1v) is 6.60. The number of nitrogens with zero attached hydrogens (tertiary/aromatic N) is 1. The molecule has 0 spiro atoms. The number of hydrogen-bond donors (Lipinski definition) is 2. The predicted molar refractivity (Wildman–Crippen MR) is 73.3 cm³/mol. The SMILES string of the molecule is O=C(NCC1(c2cccc(Cl)c2)CC1)c1cnc[nH]1. The third-order valence-electron chi connectivity index (χ3n) is 3.62. The summed E-state index contributed by atoms with van der Waals surface area (Å²) in [7, 11) is 0. The molecule has 0 unspecified atom stereocenters. The summed E-state index contributed by atoms with van der Waals surface area (Å²) in [5.41, 5.74) is 1.74. The number of carbonyl (C=O) groups excluding carboxylic acids is 1. The Bertz CT molecular complexity index is 590. The Labute approximate surface area is 116 Å². The van der Waals surface area contributed by atoms with Crippen molar-refractivity contribution in [3.05, 3.63) is 53.1 Å². The predicted octanol–water partition coefficient (Wildman–Crippen LogP) is 2.52. The molecular weight excluding hydrogens is 262 g/mol. The number of amides is 1. The molecule has 0 radical (unpaired) electrons. The molecule has 2 N–H and O–H groups in total. The lowest BCUT2D eigenvalue weighted by molar-refractivity contribution is 0.0945. The minimum absolute atomic E-state index is 0.0561. The van der Waals surface area contributed by atoms with E-state index in [4.69, 9.17) is 11.6 Å². The summed E-state index contributed by atoms with van der Waals surface area (Å²) in [6, 6.07) is 7.87. The van der Waals surface area contributed by atoms with E-state index in [-0.39, 0.29) is 11.3 Å². The van der Waals surface area contributed by atoms with E-state index in [1.807, 2.05) is 18.2 Å². The van der Waals surface area contributed by atoms with Gasteiger partial charge in [-0.15, -0.1) is 0 Å². The molecule has 5 heteroatoms. The number of halogens is 1. The van der Waals surface area contributed by atoms with Crippen molar-refractivity contribution >= 4 is 17.5 Å². The minimum atomic E-state index is -0.120. The summed E-state index contributed by atoms with van der Waals surface area (Å²) in [6.45, 7) is 0.630. The molecule has 1 aliphatic rings. The highest BCUT2D eigenvalue weighted by Gasteiger charge is 2.44. The van der Waals surface area contributed by atoms with Crippen molar-refractivity contribution in [1.29, 1.82) is 0 Å². The van der Waals surface area contributed by atoms with Gasteiger partial charge in [-0.3, -0.25) is 4.79 Å². The highest BCUT2D eigenvalue weighted by atomic mass is 35.5. The van der Waals surface area contributed by atoms with Crippen molar-refractivity contribution in [2.24, 2.45) is 0 Å². The molecule has 0 atom stereocenters. The maximum Gasteiger partial charge on any atom is 0.269 e. The van der Waals surface area contributed by atoms with E-state index in [2.05, 4.69) is 21.4 Å². The maximum absolute atomic E-state index is 11.9. The lowest BCUT2D eigenvalue weighted by atomic mass is 9.96. The second kappa shape index (κ2) is 4.70. The van der Waals surface area contributed by atoms with Gasteiger partial charge in [0, 0.05) is 17.0 Å². The number of nitrogens with one attached hydrogen (secondary N) is 2. The molecule has 1 heterocycles. The topological polar surface area (TPSA) is 57.8 Å². The van der Waals surface area contributed by atoms with Crippen LogP contribution in [0.25, 0.3) is 0 Å². The fourth-order valence-corrected chi connectivity index (χ4v) is 2.45. The largest absolute Gasteiger partial charge is 0.350 e. The van der Waals surface area contributed by atoms with Crippen molar-refractivity contribution < 1.29 is 4.79 Å². The van der Waals surface area contributed by atoms with Gasteiger partial charge in [-0.05, 0) is 30.5 Å². The summed E-state index contributed by atoms with van der Waals surface area (Å²) in [5.74, 6) is -0.120. The van der Waals surface area contributed by atoms with Crippen LogP contribution < -0.4 is 5.32 Å². The molecule has 0 bridgehead atoms. The highest BCUT2D eigenvalue weighted by Crippen LogP contribution is 2.48. The fourth-order valence-electron chi connectivity index (χ4n) is 2.26. The van der Waals surface area contributed by atoms with Crippen molar-refractivity contribution in [2.45, 2.75) is 18.3 Å². The van der Waals surface area contributed by atoms with Gasteiger partial charge in [0.2, 0.25) is 0 Å². The van der Waals surface area contributed by atoms with Gasteiger partial charge >= 0.3 is 0 Å². The molecule has 0 aliphatic heterocycles. The summed E-state index contributed by atoms with van der Waals surface area (Å²) < 4.78 is 0. The van der Waals surface area contributed by atoms with Crippen LogP contribution in [0.1, 0.15) is 28.9 Å². The van der Waals surface area contributed by atoms with E-state index in [1.165, 1.54) is 18.1 Å². The van der Waals surface area contributed by atoms with Gasteiger partial charge in [0.1, 0.15) is 5.69 Å². The molecule has 1 aromatic carbocycles. The van der Waals surface area contributed by atoms with Crippen LogP contribution in [0.15, 0.2) is 36.8 Å². The van der Waals surface area contributed by atoms with Gasteiger partial charge in [-0.1, -0.05) is 23.7 Å². The van der Waals surface area contributed by atoms with Gasteiger partial charge in [0.05, 0.1) is 12.5 Å². The highest BCUT2D eigenvalue weighted by molar-refractivity contribution is 6.30. The first kappa shape index (κ1) is 12.2. The van der Waals surface area contributed by atoms with Crippen LogP contribution >= 0.6 is 11.6 Å². The Morgan fingerprint density at radius 1 is 1.47 bits per heavy atom. The molecule has 98 valence electrons. The molecule has 1 fully saturated rings.